The van der Waals surface area contributed by atoms with Gasteiger partial charge in [0.25, 0.3) is 0 Å². The first kappa shape index (κ1) is 31.3. The van der Waals surface area contributed by atoms with E-state index in [4.69, 9.17) is 25.7 Å². The van der Waals surface area contributed by atoms with E-state index in [0.29, 0.717) is 27.1 Å². The predicted molar refractivity (Wildman–Crippen MR) is 179 cm³/mol. The minimum atomic E-state index is -1.23. The monoisotopic (exact) mass is 695 g/mol. The second-order valence-corrected chi connectivity index (χ2v) is 11.9. The molecule has 4 aromatic carbocycles. The lowest BCUT2D eigenvalue weighted by Gasteiger charge is -2.29. The summed E-state index contributed by atoms with van der Waals surface area (Å²) in [5.74, 6) is -0.544. The van der Waals surface area contributed by atoms with Crippen LogP contribution < -0.4 is 31.0 Å². The number of allylic oxidation sites excluding steroid dienone is 1. The third-order valence-electron chi connectivity index (χ3n) is 8.46. The van der Waals surface area contributed by atoms with Gasteiger partial charge in [-0.05, 0) is 61.9 Å². The first-order valence-corrected chi connectivity index (χ1v) is 15.3. The average Bonchev–Trinajstić information content (AvgIpc) is 3.38. The van der Waals surface area contributed by atoms with Gasteiger partial charge < -0.3 is 36.1 Å². The highest BCUT2D eigenvalue weighted by molar-refractivity contribution is 9.10. The maximum absolute atomic E-state index is 13.3. The molecule has 6 rings (SSSR count). The van der Waals surface area contributed by atoms with E-state index in [1.54, 1.807) is 24.3 Å². The Morgan fingerprint density at radius 3 is 2.26 bits per heavy atom. The Kier molecular flexibility index (Phi) is 8.40. The smallest absolute Gasteiger partial charge is 0.407 e. The molecule has 47 heavy (non-hydrogen) atoms. The number of benzene rings is 4. The maximum Gasteiger partial charge on any atom is 0.407 e. The zero-order valence-corrected chi connectivity index (χ0v) is 27.0. The number of fused-ring (bicyclic) bond motifs is 4. The lowest BCUT2D eigenvalue weighted by atomic mass is 9.83. The molecule has 0 aromatic heterocycles. The Bertz CT molecular complexity index is 1960. The van der Waals surface area contributed by atoms with Crippen LogP contribution >= 0.6 is 15.9 Å². The van der Waals surface area contributed by atoms with Crippen LogP contribution in [-0.4, -0.2) is 49.3 Å². The summed E-state index contributed by atoms with van der Waals surface area (Å²) < 4.78 is 17.4. The molecule has 0 saturated carbocycles. The number of methoxy groups -OCH3 is 2. The average molecular weight is 697 g/mol. The number of halogens is 1. The van der Waals surface area contributed by atoms with E-state index in [1.807, 2.05) is 48.5 Å². The number of nitrogens with one attached hydrogen (secondary N) is 1. The molecule has 2 aliphatic rings. The lowest BCUT2D eigenvalue weighted by molar-refractivity contribution is -0.117. The number of nitriles is 1. The molecule has 0 saturated heterocycles. The Balaban J connectivity index is 1.27. The Morgan fingerprint density at radius 2 is 1.66 bits per heavy atom. The van der Waals surface area contributed by atoms with Crippen molar-refractivity contribution in [2.75, 3.05) is 38.4 Å². The fourth-order valence-corrected chi connectivity index (χ4v) is 6.97. The molecule has 0 unspecified atom stereocenters. The van der Waals surface area contributed by atoms with Crippen molar-refractivity contribution in [1.29, 1.82) is 5.26 Å². The van der Waals surface area contributed by atoms with Crippen molar-refractivity contribution in [2.24, 2.45) is 5.73 Å². The molecule has 238 valence electrons. The molecule has 6 N–H and O–H groups in total. The number of ether oxygens (including phenoxy) is 3. The van der Waals surface area contributed by atoms with E-state index < -0.39 is 24.5 Å². The number of nitrogen functional groups attached to an aromatic ring is 1. The molecule has 0 spiro atoms. The number of amides is 2. The Morgan fingerprint density at radius 1 is 1.00 bits per heavy atom. The van der Waals surface area contributed by atoms with E-state index in [1.165, 1.54) is 14.2 Å². The number of carboxylic acid groups (broad SMARTS) is 1. The molecular weight excluding hydrogens is 666 g/mol. The number of hydrogen-bond donors (Lipinski definition) is 4. The molecular formula is C35H30BrN5O6. The maximum atomic E-state index is 13.3. The standard InChI is InChI=1S/C35H30BrN5O6/c1-45-28-14-18(13-26(36)33(28)46-2)30-23-11-12-27(31(38)32(23)47-34(39)24(30)15-37)40-29(42)17-41(35(43)44)16-25-21-9-5-3-7-19(21)20-8-4-6-10-22(20)25/h3-14,25,30H,16-17,38-39H2,1-2H3,(H,40,42)(H,43,44)/t30-/m1/s1. The number of hydrogen-bond acceptors (Lipinski definition) is 8. The zero-order chi connectivity index (χ0) is 33.4. The van der Waals surface area contributed by atoms with Crippen LogP contribution in [0.4, 0.5) is 16.2 Å². The topological polar surface area (TPSA) is 173 Å². The van der Waals surface area contributed by atoms with Gasteiger partial charge in [-0.1, -0.05) is 54.6 Å². The third-order valence-corrected chi connectivity index (χ3v) is 9.05. The summed E-state index contributed by atoms with van der Waals surface area (Å²) in [7, 11) is 3.02. The van der Waals surface area contributed by atoms with Crippen LogP contribution in [0.1, 0.15) is 34.1 Å². The summed E-state index contributed by atoms with van der Waals surface area (Å²) in [5, 5.41) is 22.8. The van der Waals surface area contributed by atoms with Gasteiger partial charge in [0.2, 0.25) is 11.8 Å². The van der Waals surface area contributed by atoms with E-state index in [2.05, 4.69) is 27.3 Å². The van der Waals surface area contributed by atoms with E-state index in [-0.39, 0.29) is 41.0 Å². The van der Waals surface area contributed by atoms with Crippen LogP contribution in [0.15, 0.2) is 88.7 Å². The van der Waals surface area contributed by atoms with Crippen molar-refractivity contribution in [3.8, 4) is 34.4 Å². The van der Waals surface area contributed by atoms with Crippen molar-refractivity contribution in [1.82, 2.24) is 4.90 Å². The SMILES string of the molecule is COc1cc([C@H]2C(C#N)=C(N)Oc3c2ccc(NC(=O)CN(CC2c4ccccc4-c4ccccc42)C(=O)O)c3N)cc(Br)c1OC. The molecule has 2 amide bonds. The molecule has 0 bridgehead atoms. The van der Waals surface area contributed by atoms with Crippen molar-refractivity contribution in [3.05, 3.63) is 111 Å². The highest BCUT2D eigenvalue weighted by Gasteiger charge is 2.35. The van der Waals surface area contributed by atoms with Gasteiger partial charge in [0, 0.05) is 18.0 Å². The van der Waals surface area contributed by atoms with Gasteiger partial charge in [-0.2, -0.15) is 5.26 Å². The van der Waals surface area contributed by atoms with Gasteiger partial charge in [0.1, 0.15) is 18.2 Å². The van der Waals surface area contributed by atoms with Gasteiger partial charge >= 0.3 is 6.09 Å². The predicted octanol–water partition coefficient (Wildman–Crippen LogP) is 6.00. The molecule has 1 aliphatic carbocycles. The number of anilines is 2. The van der Waals surface area contributed by atoms with Gasteiger partial charge in [0.05, 0.1) is 36.0 Å². The molecule has 1 aliphatic heterocycles. The summed E-state index contributed by atoms with van der Waals surface area (Å²) in [6, 6.07) is 24.7. The molecule has 0 fully saturated rings. The van der Waals surface area contributed by atoms with Gasteiger partial charge in [-0.15, -0.1) is 0 Å². The second kappa shape index (κ2) is 12.6. The first-order valence-electron chi connectivity index (χ1n) is 14.5. The fraction of sp³-hybridized carbons (Fsp3) is 0.171. The molecule has 4 aromatic rings. The highest BCUT2D eigenvalue weighted by Crippen LogP contribution is 2.49. The summed E-state index contributed by atoms with van der Waals surface area (Å²) >= 11 is 3.50. The van der Waals surface area contributed by atoms with Crippen LogP contribution in [0.25, 0.3) is 11.1 Å². The lowest BCUT2D eigenvalue weighted by Crippen LogP contribution is -2.39. The van der Waals surface area contributed by atoms with E-state index in [0.717, 1.165) is 27.2 Å². The van der Waals surface area contributed by atoms with Crippen molar-refractivity contribution in [3.63, 3.8) is 0 Å². The molecule has 0 radical (unpaired) electrons. The van der Waals surface area contributed by atoms with Crippen LogP contribution in [0.3, 0.4) is 0 Å². The number of nitrogens with two attached hydrogens (primary N) is 2. The summed E-state index contributed by atoms with van der Waals surface area (Å²) in [6.07, 6.45) is -1.23. The normalized spacial score (nSPS) is 14.6. The number of nitrogens with zero attached hydrogens (tertiary/aromatic N) is 2. The molecule has 1 atom stereocenters. The molecule has 1 heterocycles. The summed E-state index contributed by atoms with van der Waals surface area (Å²) in [4.78, 5) is 26.8. The van der Waals surface area contributed by atoms with Gasteiger partial charge in [0.15, 0.2) is 17.2 Å². The second-order valence-electron chi connectivity index (χ2n) is 11.0. The van der Waals surface area contributed by atoms with Crippen LogP contribution in [0.5, 0.6) is 17.2 Å². The van der Waals surface area contributed by atoms with Gasteiger partial charge in [-0.3, -0.25) is 9.69 Å². The highest BCUT2D eigenvalue weighted by atomic mass is 79.9. The van der Waals surface area contributed by atoms with Crippen LogP contribution in [-0.2, 0) is 4.79 Å². The van der Waals surface area contributed by atoms with Crippen molar-refractivity contribution < 1.29 is 28.9 Å². The summed E-state index contributed by atoms with van der Waals surface area (Å²) in [6.45, 7) is -0.350. The number of carbonyl (C=O) groups is 2. The van der Waals surface area contributed by atoms with Gasteiger partial charge in [-0.25, -0.2) is 4.79 Å². The minimum absolute atomic E-state index is 0.0702. The molecule has 11 nitrogen and oxygen atoms in total. The first-order chi connectivity index (χ1) is 22.7. The zero-order valence-electron chi connectivity index (χ0n) is 25.4. The van der Waals surface area contributed by atoms with Crippen LogP contribution in [0.2, 0.25) is 0 Å². The fourth-order valence-electron chi connectivity index (χ4n) is 6.35. The Labute approximate surface area is 279 Å². The number of rotatable bonds is 8. The minimum Gasteiger partial charge on any atom is -0.493 e. The molecule has 12 heteroatoms. The quantitative estimate of drug-likeness (QED) is 0.161. The Hall–Kier alpha value is -5.67. The summed E-state index contributed by atoms with van der Waals surface area (Å²) in [5.41, 5.74) is 18.5. The van der Waals surface area contributed by atoms with E-state index in [9.17, 15) is 20.0 Å². The largest absolute Gasteiger partial charge is 0.493 e. The third kappa shape index (κ3) is 5.55. The van der Waals surface area contributed by atoms with Crippen LogP contribution in [0, 0.1) is 11.3 Å². The van der Waals surface area contributed by atoms with E-state index >= 15 is 0 Å². The van der Waals surface area contributed by atoms with Crippen molar-refractivity contribution in [2.45, 2.75) is 11.8 Å². The van der Waals surface area contributed by atoms with Crippen molar-refractivity contribution >= 4 is 39.3 Å². The number of carbonyl (C=O) groups excluding carboxylic acids is 1.